The van der Waals surface area contributed by atoms with Crippen LogP contribution in [0.2, 0.25) is 0 Å². The van der Waals surface area contributed by atoms with Crippen molar-refractivity contribution < 1.29 is 38.0 Å². The number of ether oxygens (including phenoxy) is 4. The maximum atomic E-state index is 13.5. The molecule has 0 fully saturated rings. The van der Waals surface area contributed by atoms with Gasteiger partial charge < -0.3 is 38.0 Å². The second kappa shape index (κ2) is 11.1. The van der Waals surface area contributed by atoms with E-state index in [0.717, 1.165) is 0 Å². The summed E-state index contributed by atoms with van der Waals surface area (Å²) in [4.78, 5) is 27.0. The molecule has 44 heavy (non-hydrogen) atoms. The topological polar surface area (TPSA) is 138 Å². The van der Waals surface area contributed by atoms with Crippen LogP contribution in [0.4, 0.5) is 0 Å². The van der Waals surface area contributed by atoms with E-state index in [1.54, 1.807) is 62.8 Å². The summed E-state index contributed by atoms with van der Waals surface area (Å²) in [6.45, 7) is 0. The van der Waals surface area contributed by atoms with Gasteiger partial charge in [0.2, 0.25) is 0 Å². The molecule has 0 bridgehead atoms. The van der Waals surface area contributed by atoms with E-state index in [9.17, 15) is 19.8 Å². The number of hydrogen-bond acceptors (Lipinski definition) is 10. The average molecular weight is 595 g/mol. The Morgan fingerprint density at radius 3 is 1.20 bits per heavy atom. The van der Waals surface area contributed by atoms with Crippen molar-refractivity contribution in [3.63, 3.8) is 0 Å². The van der Waals surface area contributed by atoms with Crippen LogP contribution in [0.3, 0.4) is 0 Å². The van der Waals surface area contributed by atoms with E-state index in [-0.39, 0.29) is 67.6 Å². The normalized spacial score (nSPS) is 11.1. The van der Waals surface area contributed by atoms with Crippen LogP contribution in [0.1, 0.15) is 0 Å². The van der Waals surface area contributed by atoms with Gasteiger partial charge in [0.1, 0.15) is 56.8 Å². The van der Waals surface area contributed by atoms with Gasteiger partial charge in [0.15, 0.2) is 22.0 Å². The van der Waals surface area contributed by atoms with Crippen molar-refractivity contribution >= 4 is 21.9 Å². The maximum absolute atomic E-state index is 13.5. The molecule has 2 N–H and O–H groups in total. The van der Waals surface area contributed by atoms with E-state index >= 15 is 0 Å². The number of methoxy groups -OCH3 is 4. The van der Waals surface area contributed by atoms with Gasteiger partial charge in [-0.2, -0.15) is 0 Å². The predicted molar refractivity (Wildman–Crippen MR) is 164 cm³/mol. The minimum atomic E-state index is -0.527. The zero-order chi connectivity index (χ0) is 31.1. The van der Waals surface area contributed by atoms with Crippen molar-refractivity contribution in [3.05, 3.63) is 93.2 Å². The molecule has 0 aliphatic rings. The molecule has 0 radical (unpaired) electrons. The highest BCUT2D eigenvalue weighted by Crippen LogP contribution is 2.49. The van der Waals surface area contributed by atoms with Crippen LogP contribution in [-0.4, -0.2) is 38.7 Å². The third-order valence-electron chi connectivity index (χ3n) is 7.33. The number of fused-ring (bicyclic) bond motifs is 2. The number of hydrogen-bond donors (Lipinski definition) is 2. The molecule has 10 nitrogen and oxygen atoms in total. The molecular formula is C34H26O10. The predicted octanol–water partition coefficient (Wildman–Crippen LogP) is 6.35. The lowest BCUT2D eigenvalue weighted by molar-refractivity contribution is 0.403. The van der Waals surface area contributed by atoms with Gasteiger partial charge in [0.25, 0.3) is 0 Å². The minimum absolute atomic E-state index is 0.0528. The quantitative estimate of drug-likeness (QED) is 0.215. The Balaban J connectivity index is 1.74. The number of phenolic OH excluding ortho intramolecular Hbond substituents is 2. The molecule has 10 heteroatoms. The first-order chi connectivity index (χ1) is 21.3. The number of phenols is 2. The van der Waals surface area contributed by atoms with Crippen molar-refractivity contribution in [3.8, 4) is 68.3 Å². The van der Waals surface area contributed by atoms with Gasteiger partial charge >= 0.3 is 0 Å². The molecular weight excluding hydrogens is 568 g/mol. The van der Waals surface area contributed by atoms with Crippen LogP contribution >= 0.6 is 0 Å². The van der Waals surface area contributed by atoms with Gasteiger partial charge in [0.05, 0.1) is 39.6 Å². The molecule has 0 amide bonds. The van der Waals surface area contributed by atoms with Gasteiger partial charge in [-0.15, -0.1) is 0 Å². The van der Waals surface area contributed by atoms with E-state index in [1.807, 2.05) is 0 Å². The van der Waals surface area contributed by atoms with E-state index < -0.39 is 10.9 Å². The zero-order valence-electron chi connectivity index (χ0n) is 24.1. The Labute approximate surface area is 249 Å². The van der Waals surface area contributed by atoms with Crippen LogP contribution in [0.5, 0.6) is 34.5 Å². The van der Waals surface area contributed by atoms with Crippen molar-refractivity contribution in [1.82, 2.24) is 0 Å². The van der Waals surface area contributed by atoms with Crippen LogP contribution in [-0.2, 0) is 0 Å². The highest BCUT2D eigenvalue weighted by atomic mass is 16.5. The molecule has 0 aliphatic carbocycles. The average Bonchev–Trinajstić information content (AvgIpc) is 3.04. The summed E-state index contributed by atoms with van der Waals surface area (Å²) in [5.41, 5.74) is 0.282. The summed E-state index contributed by atoms with van der Waals surface area (Å²) in [6, 6.07) is 18.8. The number of rotatable bonds is 7. The Bertz CT molecular complexity index is 2000. The molecule has 2 aromatic heterocycles. The fraction of sp³-hybridized carbons (Fsp3) is 0.118. The number of aromatic hydroxyl groups is 2. The molecule has 6 rings (SSSR count). The van der Waals surface area contributed by atoms with Gasteiger partial charge in [-0.05, 0) is 48.5 Å². The lowest BCUT2D eigenvalue weighted by Gasteiger charge is -2.18. The van der Waals surface area contributed by atoms with Gasteiger partial charge in [-0.1, -0.05) is 0 Å². The van der Waals surface area contributed by atoms with Gasteiger partial charge in [0, 0.05) is 35.4 Å². The van der Waals surface area contributed by atoms with Crippen molar-refractivity contribution in [2.24, 2.45) is 0 Å². The highest BCUT2D eigenvalue weighted by Gasteiger charge is 2.28. The Kier molecular flexibility index (Phi) is 7.10. The molecule has 0 saturated carbocycles. The summed E-state index contributed by atoms with van der Waals surface area (Å²) in [7, 11) is 5.84. The van der Waals surface area contributed by atoms with Crippen LogP contribution in [0.15, 0.2) is 91.2 Å². The Hall–Kier alpha value is -5.90. The third kappa shape index (κ3) is 4.62. The zero-order valence-corrected chi connectivity index (χ0v) is 24.1. The first-order valence-electron chi connectivity index (χ1n) is 13.3. The molecule has 0 unspecified atom stereocenters. The number of benzene rings is 4. The molecule has 6 aromatic rings. The van der Waals surface area contributed by atoms with Crippen LogP contribution in [0.25, 0.3) is 55.7 Å². The van der Waals surface area contributed by atoms with Crippen LogP contribution < -0.4 is 29.8 Å². The first kappa shape index (κ1) is 28.2. The lowest BCUT2D eigenvalue weighted by Crippen LogP contribution is -2.06. The summed E-state index contributed by atoms with van der Waals surface area (Å²) in [6.07, 6.45) is 0. The monoisotopic (exact) mass is 594 g/mol. The minimum Gasteiger partial charge on any atom is -0.507 e. The SMILES string of the molecule is COc1ccc(-c2cc(=O)c3c(O)cc(OC)c(-c4c(OC)cc(O)c5c(=O)cc(-c6ccc(OC)cc6)oc45)c3o2)cc1. The Morgan fingerprint density at radius 2 is 0.886 bits per heavy atom. The Morgan fingerprint density at radius 1 is 0.523 bits per heavy atom. The smallest absolute Gasteiger partial charge is 0.197 e. The second-order valence-electron chi connectivity index (χ2n) is 9.76. The van der Waals surface area contributed by atoms with Gasteiger partial charge in [-0.3, -0.25) is 9.59 Å². The largest absolute Gasteiger partial charge is 0.507 e. The van der Waals surface area contributed by atoms with E-state index in [1.165, 1.54) is 38.5 Å². The summed E-state index contributed by atoms with van der Waals surface area (Å²) in [5, 5.41) is 21.6. The van der Waals surface area contributed by atoms with E-state index in [2.05, 4.69) is 0 Å². The first-order valence-corrected chi connectivity index (χ1v) is 13.3. The van der Waals surface area contributed by atoms with Crippen molar-refractivity contribution in [2.75, 3.05) is 28.4 Å². The molecule has 0 aliphatic heterocycles. The molecule has 0 saturated heterocycles. The van der Waals surface area contributed by atoms with Crippen LogP contribution in [0, 0.1) is 0 Å². The highest BCUT2D eigenvalue weighted by molar-refractivity contribution is 6.09. The van der Waals surface area contributed by atoms with E-state index in [0.29, 0.717) is 22.6 Å². The standard InChI is InChI=1S/C34H26O10/c1-39-19-9-5-17(6-10-19)25-13-21(35)29-23(37)15-27(41-3)31(33(29)43-25)32-28(42-4)16-24(38)30-22(36)14-26(44-34(30)32)18-7-11-20(40-2)12-8-18/h5-16,37-38H,1-4H3. The molecule has 2 heterocycles. The third-order valence-corrected chi connectivity index (χ3v) is 7.33. The summed E-state index contributed by atoms with van der Waals surface area (Å²) < 4.78 is 34.5. The fourth-order valence-electron chi connectivity index (χ4n) is 5.18. The maximum Gasteiger partial charge on any atom is 0.197 e. The van der Waals surface area contributed by atoms with E-state index in [4.69, 9.17) is 27.8 Å². The fourth-order valence-corrected chi connectivity index (χ4v) is 5.18. The summed E-state index contributed by atoms with van der Waals surface area (Å²) >= 11 is 0. The van der Waals surface area contributed by atoms with Gasteiger partial charge in [-0.25, -0.2) is 0 Å². The van der Waals surface area contributed by atoms with Crippen molar-refractivity contribution in [2.45, 2.75) is 0 Å². The lowest BCUT2D eigenvalue weighted by atomic mass is 9.96. The molecule has 0 atom stereocenters. The molecule has 0 spiro atoms. The summed E-state index contributed by atoms with van der Waals surface area (Å²) in [5.74, 6) is 1.04. The molecule has 222 valence electrons. The second-order valence-corrected chi connectivity index (χ2v) is 9.76. The van der Waals surface area contributed by atoms with Crippen molar-refractivity contribution in [1.29, 1.82) is 0 Å². The molecule has 4 aromatic carbocycles.